The van der Waals surface area contributed by atoms with E-state index >= 15 is 0 Å². The molecule has 0 aromatic heterocycles. The van der Waals surface area contributed by atoms with Crippen LogP contribution in [0.1, 0.15) is 25.3 Å². The van der Waals surface area contributed by atoms with E-state index < -0.39 is 11.8 Å². The third-order valence-corrected chi connectivity index (χ3v) is 5.07. The average molecular weight is 519 g/mol. The van der Waals surface area contributed by atoms with Gasteiger partial charge in [-0.1, -0.05) is 31.5 Å². The molecule has 3 amide bonds. The number of hydrazone groups is 1. The highest BCUT2D eigenvalue weighted by Crippen LogP contribution is 2.27. The minimum Gasteiger partial charge on any atom is -0.494 e. The summed E-state index contributed by atoms with van der Waals surface area (Å²) in [5.41, 5.74) is 3.87. The van der Waals surface area contributed by atoms with Gasteiger partial charge in [0.05, 0.1) is 19.9 Å². The molecule has 3 aromatic carbocycles. The SMILES string of the molecule is CCCCOc1ccc(NC(=O)C(=O)N/N=C\c2ccc(OCC(=O)Nc3ccccc3)c(OC)c2)cc1. The summed E-state index contributed by atoms with van der Waals surface area (Å²) in [6, 6.07) is 20.7. The zero-order chi connectivity index (χ0) is 27.2. The predicted molar refractivity (Wildman–Crippen MR) is 145 cm³/mol. The third kappa shape index (κ3) is 8.98. The van der Waals surface area contributed by atoms with Gasteiger partial charge in [-0.05, 0) is 66.6 Å². The summed E-state index contributed by atoms with van der Waals surface area (Å²) < 4.78 is 16.5. The maximum absolute atomic E-state index is 12.1. The number of ether oxygens (including phenoxy) is 3. The minimum absolute atomic E-state index is 0.210. The van der Waals surface area contributed by atoms with Gasteiger partial charge in [0.25, 0.3) is 5.91 Å². The lowest BCUT2D eigenvalue weighted by atomic mass is 10.2. The predicted octanol–water partition coefficient (Wildman–Crippen LogP) is 3.98. The van der Waals surface area contributed by atoms with Crippen LogP contribution in [-0.4, -0.2) is 44.3 Å². The topological polar surface area (TPSA) is 127 Å². The van der Waals surface area contributed by atoms with Crippen molar-refractivity contribution in [3.63, 3.8) is 0 Å². The van der Waals surface area contributed by atoms with Crippen molar-refractivity contribution in [1.82, 2.24) is 5.43 Å². The summed E-state index contributed by atoms with van der Waals surface area (Å²) >= 11 is 0. The van der Waals surface area contributed by atoms with Gasteiger partial charge >= 0.3 is 11.8 Å². The molecule has 3 rings (SSSR count). The van der Waals surface area contributed by atoms with Crippen LogP contribution in [0.15, 0.2) is 77.9 Å². The summed E-state index contributed by atoms with van der Waals surface area (Å²) in [7, 11) is 1.46. The summed E-state index contributed by atoms with van der Waals surface area (Å²) in [5, 5.41) is 9.05. The number of carbonyl (C=O) groups is 3. The monoisotopic (exact) mass is 518 g/mol. The number of anilines is 2. The van der Waals surface area contributed by atoms with Crippen molar-refractivity contribution < 1.29 is 28.6 Å². The van der Waals surface area contributed by atoms with Crippen LogP contribution in [0.2, 0.25) is 0 Å². The highest BCUT2D eigenvalue weighted by Gasteiger charge is 2.13. The van der Waals surface area contributed by atoms with Crippen molar-refractivity contribution in [3.05, 3.63) is 78.4 Å². The van der Waals surface area contributed by atoms with E-state index in [1.165, 1.54) is 13.3 Å². The molecule has 0 aliphatic carbocycles. The Hall–Kier alpha value is -4.86. The number of rotatable bonds is 12. The van der Waals surface area contributed by atoms with Crippen LogP contribution in [-0.2, 0) is 14.4 Å². The molecule has 10 heteroatoms. The summed E-state index contributed by atoms with van der Waals surface area (Å²) in [6.45, 7) is 2.49. The number of nitrogens with zero attached hydrogens (tertiary/aromatic N) is 1. The van der Waals surface area contributed by atoms with Gasteiger partial charge < -0.3 is 24.8 Å². The maximum Gasteiger partial charge on any atom is 0.329 e. The van der Waals surface area contributed by atoms with E-state index in [1.807, 2.05) is 18.2 Å². The Morgan fingerprint density at radius 1 is 0.842 bits per heavy atom. The van der Waals surface area contributed by atoms with Crippen molar-refractivity contribution >= 4 is 35.3 Å². The van der Waals surface area contributed by atoms with Crippen LogP contribution in [0.4, 0.5) is 11.4 Å². The molecule has 0 radical (unpaired) electrons. The fourth-order valence-electron chi connectivity index (χ4n) is 3.12. The molecule has 0 aliphatic heterocycles. The molecule has 0 saturated carbocycles. The average Bonchev–Trinajstić information content (AvgIpc) is 2.93. The van der Waals surface area contributed by atoms with Gasteiger partial charge in [-0.25, -0.2) is 5.43 Å². The molecule has 0 aliphatic rings. The Kier molecular flexibility index (Phi) is 10.7. The Bertz CT molecular complexity index is 1250. The summed E-state index contributed by atoms with van der Waals surface area (Å²) in [5.74, 6) is -0.697. The van der Waals surface area contributed by atoms with Crippen LogP contribution in [0.25, 0.3) is 0 Å². The van der Waals surface area contributed by atoms with Gasteiger partial charge in [0.2, 0.25) is 0 Å². The van der Waals surface area contributed by atoms with Gasteiger partial charge in [0.15, 0.2) is 18.1 Å². The number of hydrogen-bond donors (Lipinski definition) is 3. The van der Waals surface area contributed by atoms with E-state index in [9.17, 15) is 14.4 Å². The van der Waals surface area contributed by atoms with Gasteiger partial charge in [0.1, 0.15) is 5.75 Å². The molecule has 10 nitrogen and oxygen atoms in total. The molecule has 3 N–H and O–H groups in total. The number of methoxy groups -OCH3 is 1. The van der Waals surface area contributed by atoms with Gasteiger partial charge in [0, 0.05) is 11.4 Å². The largest absolute Gasteiger partial charge is 0.494 e. The standard InChI is InChI=1S/C28H30N4O6/c1-3-4-16-37-23-13-11-22(12-14-23)31-27(34)28(35)32-29-18-20-10-15-24(25(17-20)36-2)38-19-26(33)30-21-8-6-5-7-9-21/h5-15,17-18H,3-4,16,19H2,1-2H3,(H,30,33)(H,31,34)(H,32,35)/b29-18-. The Morgan fingerprint density at radius 2 is 1.58 bits per heavy atom. The van der Waals surface area contributed by atoms with Crippen LogP contribution >= 0.6 is 0 Å². The minimum atomic E-state index is -0.930. The van der Waals surface area contributed by atoms with E-state index in [4.69, 9.17) is 14.2 Å². The van der Waals surface area contributed by atoms with E-state index in [0.717, 1.165) is 12.8 Å². The van der Waals surface area contributed by atoms with Gasteiger partial charge in [-0.2, -0.15) is 5.10 Å². The first-order valence-corrected chi connectivity index (χ1v) is 12.0. The van der Waals surface area contributed by atoms with Gasteiger partial charge in [-0.15, -0.1) is 0 Å². The lowest BCUT2D eigenvalue weighted by molar-refractivity contribution is -0.136. The van der Waals surface area contributed by atoms with Crippen molar-refractivity contribution in [1.29, 1.82) is 0 Å². The molecule has 38 heavy (non-hydrogen) atoms. The van der Waals surface area contributed by atoms with Crippen LogP contribution in [0, 0.1) is 0 Å². The van der Waals surface area contributed by atoms with Crippen LogP contribution in [0.5, 0.6) is 17.2 Å². The first kappa shape index (κ1) is 27.7. The first-order valence-electron chi connectivity index (χ1n) is 12.0. The van der Waals surface area contributed by atoms with Crippen LogP contribution < -0.4 is 30.3 Å². The van der Waals surface area contributed by atoms with Crippen LogP contribution in [0.3, 0.4) is 0 Å². The Morgan fingerprint density at radius 3 is 2.29 bits per heavy atom. The molecular formula is C28H30N4O6. The summed E-state index contributed by atoms with van der Waals surface area (Å²) in [6.07, 6.45) is 3.34. The quantitative estimate of drug-likeness (QED) is 0.144. The first-order chi connectivity index (χ1) is 18.5. The number of para-hydroxylation sites is 1. The van der Waals surface area contributed by atoms with Crippen molar-refractivity contribution in [3.8, 4) is 17.2 Å². The van der Waals surface area contributed by atoms with Crippen molar-refractivity contribution in [2.45, 2.75) is 19.8 Å². The zero-order valence-electron chi connectivity index (χ0n) is 21.2. The Labute approximate surface area is 221 Å². The fraction of sp³-hybridized carbons (Fsp3) is 0.214. The number of nitrogens with one attached hydrogen (secondary N) is 3. The number of hydrogen-bond acceptors (Lipinski definition) is 7. The van der Waals surface area contributed by atoms with Gasteiger partial charge in [-0.3, -0.25) is 14.4 Å². The molecule has 0 spiro atoms. The third-order valence-electron chi connectivity index (χ3n) is 5.07. The lowest BCUT2D eigenvalue weighted by Gasteiger charge is -2.11. The second-order valence-corrected chi connectivity index (χ2v) is 7.99. The fourth-order valence-corrected chi connectivity index (χ4v) is 3.12. The Balaban J connectivity index is 1.47. The number of amides is 3. The van der Waals surface area contributed by atoms with Crippen molar-refractivity contribution in [2.75, 3.05) is 31.0 Å². The normalized spacial score (nSPS) is 10.5. The molecule has 3 aromatic rings. The second kappa shape index (κ2) is 14.6. The maximum atomic E-state index is 12.1. The van der Waals surface area contributed by atoms with Crippen molar-refractivity contribution in [2.24, 2.45) is 5.10 Å². The molecular weight excluding hydrogens is 488 g/mol. The van der Waals surface area contributed by atoms with E-state index in [0.29, 0.717) is 40.8 Å². The highest BCUT2D eigenvalue weighted by molar-refractivity contribution is 6.39. The van der Waals surface area contributed by atoms with E-state index in [1.54, 1.807) is 54.6 Å². The highest BCUT2D eigenvalue weighted by atomic mass is 16.5. The molecule has 0 unspecified atom stereocenters. The van der Waals surface area contributed by atoms with E-state index in [2.05, 4.69) is 28.1 Å². The molecule has 198 valence electrons. The van der Waals surface area contributed by atoms with E-state index in [-0.39, 0.29) is 12.5 Å². The number of benzene rings is 3. The zero-order valence-corrected chi connectivity index (χ0v) is 21.2. The molecule has 0 heterocycles. The summed E-state index contributed by atoms with van der Waals surface area (Å²) in [4.78, 5) is 36.3. The molecule has 0 fully saturated rings. The molecule has 0 saturated heterocycles. The molecule has 0 atom stereocenters. The number of carbonyl (C=O) groups excluding carboxylic acids is 3. The second-order valence-electron chi connectivity index (χ2n) is 7.99. The molecule has 0 bridgehead atoms. The smallest absolute Gasteiger partial charge is 0.329 e. The number of unbranched alkanes of at least 4 members (excludes halogenated alkanes) is 1. The lowest BCUT2D eigenvalue weighted by Crippen LogP contribution is -2.32.